The number of pyridine rings is 3. The molecule has 0 saturated carbocycles. The highest BCUT2D eigenvalue weighted by Crippen LogP contribution is 2.36. The van der Waals surface area contributed by atoms with Gasteiger partial charge in [0, 0.05) is 40.4 Å². The van der Waals surface area contributed by atoms with Crippen molar-refractivity contribution in [1.29, 1.82) is 0 Å². The van der Waals surface area contributed by atoms with E-state index in [2.05, 4.69) is 36.2 Å². The number of H-pyrrole nitrogens is 2. The first kappa shape index (κ1) is 18.6. The maximum absolute atomic E-state index is 11.7. The Bertz CT molecular complexity index is 1610. The number of ketones is 1. The lowest BCUT2D eigenvalue weighted by molar-refractivity contribution is 0.102. The molecule has 7 nitrogen and oxygen atoms in total. The molecular formula is C24H16N6OS. The fourth-order valence-corrected chi connectivity index (χ4v) is 4.74. The quantitative estimate of drug-likeness (QED) is 0.356. The van der Waals surface area contributed by atoms with E-state index in [0.717, 1.165) is 59.9 Å². The number of carbonyl (C=O) groups is 1. The highest BCUT2D eigenvalue weighted by atomic mass is 32.1. The first-order chi connectivity index (χ1) is 15.7. The Morgan fingerprint density at radius 3 is 2.66 bits per heavy atom. The number of aromatic nitrogens is 6. The fraction of sp³-hybridized carbons (Fsp3) is 0.0417. The van der Waals surface area contributed by atoms with Crippen molar-refractivity contribution in [2.75, 3.05) is 0 Å². The van der Waals surface area contributed by atoms with Crippen molar-refractivity contribution in [2.24, 2.45) is 0 Å². The Balaban J connectivity index is 1.49. The number of rotatable bonds is 4. The van der Waals surface area contributed by atoms with E-state index in [4.69, 9.17) is 0 Å². The van der Waals surface area contributed by atoms with Crippen molar-refractivity contribution in [3.05, 3.63) is 72.1 Å². The Morgan fingerprint density at radius 1 is 0.938 bits per heavy atom. The highest BCUT2D eigenvalue weighted by molar-refractivity contribution is 7.17. The van der Waals surface area contributed by atoms with Gasteiger partial charge in [0.05, 0.1) is 38.5 Å². The smallest absolute Gasteiger partial charge is 0.169 e. The predicted octanol–water partition coefficient (Wildman–Crippen LogP) is 5.49. The maximum atomic E-state index is 11.7. The Labute approximate surface area is 186 Å². The Kier molecular flexibility index (Phi) is 4.19. The van der Waals surface area contributed by atoms with Crippen molar-refractivity contribution in [1.82, 2.24) is 30.1 Å². The maximum Gasteiger partial charge on any atom is 0.169 e. The second-order valence-corrected chi connectivity index (χ2v) is 8.54. The topological polar surface area (TPSA) is 100 Å². The molecule has 6 aromatic rings. The number of carbonyl (C=O) groups excluding carboxylic acids is 1. The first-order valence-electron chi connectivity index (χ1n) is 10.0. The minimum Gasteiger partial charge on any atom is -0.353 e. The van der Waals surface area contributed by atoms with Gasteiger partial charge in [-0.15, -0.1) is 11.3 Å². The first-order valence-corrected chi connectivity index (χ1v) is 10.8. The number of hydrogen-bond acceptors (Lipinski definition) is 6. The van der Waals surface area contributed by atoms with E-state index in [9.17, 15) is 4.79 Å². The molecule has 0 spiro atoms. The zero-order valence-electron chi connectivity index (χ0n) is 17.0. The molecule has 6 aromatic heterocycles. The van der Waals surface area contributed by atoms with Crippen LogP contribution in [0.3, 0.4) is 0 Å². The lowest BCUT2D eigenvalue weighted by Crippen LogP contribution is -1.85. The van der Waals surface area contributed by atoms with Crippen LogP contribution in [-0.4, -0.2) is 35.9 Å². The summed E-state index contributed by atoms with van der Waals surface area (Å²) in [5.74, 6) is 0.0594. The zero-order valence-corrected chi connectivity index (χ0v) is 17.8. The molecule has 0 aromatic carbocycles. The second kappa shape index (κ2) is 7.21. The summed E-state index contributed by atoms with van der Waals surface area (Å²) in [5, 5.41) is 9.57. The number of fused-ring (bicyclic) bond motifs is 2. The molecule has 2 N–H and O–H groups in total. The third kappa shape index (κ3) is 3.00. The molecular weight excluding hydrogens is 420 g/mol. The summed E-state index contributed by atoms with van der Waals surface area (Å²) in [5.41, 5.74) is 6.14. The van der Waals surface area contributed by atoms with Crippen LogP contribution in [0.4, 0.5) is 0 Å². The van der Waals surface area contributed by atoms with Crippen molar-refractivity contribution in [3.63, 3.8) is 0 Å². The van der Waals surface area contributed by atoms with Gasteiger partial charge >= 0.3 is 0 Å². The third-order valence-corrected chi connectivity index (χ3v) is 6.59. The van der Waals surface area contributed by atoms with E-state index in [0.29, 0.717) is 0 Å². The summed E-state index contributed by atoms with van der Waals surface area (Å²) in [6.45, 7) is 1.58. The van der Waals surface area contributed by atoms with E-state index in [-0.39, 0.29) is 5.78 Å². The molecule has 6 rings (SSSR count). The van der Waals surface area contributed by atoms with Gasteiger partial charge in [-0.25, -0.2) is 0 Å². The average Bonchev–Trinajstić information content (AvgIpc) is 3.56. The second-order valence-electron chi connectivity index (χ2n) is 7.45. The summed E-state index contributed by atoms with van der Waals surface area (Å²) in [6.07, 6.45) is 7.11. The van der Waals surface area contributed by atoms with Crippen LogP contribution in [0.1, 0.15) is 16.6 Å². The number of aromatic amines is 2. The number of nitrogens with one attached hydrogen (secondary N) is 2. The lowest BCUT2D eigenvalue weighted by Gasteiger charge is -2.00. The summed E-state index contributed by atoms with van der Waals surface area (Å²) in [7, 11) is 0. The van der Waals surface area contributed by atoms with Gasteiger partial charge in [0.25, 0.3) is 0 Å². The predicted molar refractivity (Wildman–Crippen MR) is 126 cm³/mol. The standard InChI is InChI=1S/C24H16N6OS/c1-13(31)21-4-5-22(32-21)24-15-10-19(28-17(15)6-8-26-24)23-16-9-18(14-3-2-7-25-11-14)27-12-20(16)29-30-23/h2-12,28H,1H3,(H,29,30). The largest absolute Gasteiger partial charge is 0.353 e. The van der Waals surface area contributed by atoms with Gasteiger partial charge in [0.1, 0.15) is 5.69 Å². The van der Waals surface area contributed by atoms with Gasteiger partial charge in [0.15, 0.2) is 5.78 Å². The minimum absolute atomic E-state index is 0.0594. The molecule has 154 valence electrons. The van der Waals surface area contributed by atoms with Crippen LogP contribution >= 0.6 is 11.3 Å². The van der Waals surface area contributed by atoms with Crippen LogP contribution < -0.4 is 0 Å². The summed E-state index contributed by atoms with van der Waals surface area (Å²) in [6, 6.07) is 13.7. The van der Waals surface area contributed by atoms with Crippen LogP contribution in [0, 0.1) is 0 Å². The minimum atomic E-state index is 0.0594. The van der Waals surface area contributed by atoms with E-state index < -0.39 is 0 Å². The molecule has 0 aliphatic carbocycles. The molecule has 8 heteroatoms. The molecule has 32 heavy (non-hydrogen) atoms. The van der Waals surface area contributed by atoms with Crippen LogP contribution in [0.25, 0.3) is 55.0 Å². The zero-order chi connectivity index (χ0) is 21.7. The monoisotopic (exact) mass is 436 g/mol. The lowest BCUT2D eigenvalue weighted by atomic mass is 10.1. The Hall–Kier alpha value is -4.17. The van der Waals surface area contributed by atoms with Crippen molar-refractivity contribution >= 4 is 38.9 Å². The van der Waals surface area contributed by atoms with Crippen molar-refractivity contribution in [2.45, 2.75) is 6.92 Å². The van der Waals surface area contributed by atoms with Crippen molar-refractivity contribution < 1.29 is 4.79 Å². The SMILES string of the molecule is CC(=O)c1ccc(-c2nccc3[nH]c(-c4n[nH]c5cnc(-c6cccnc6)cc45)cc23)s1. The molecule has 0 amide bonds. The molecule has 0 aliphatic heterocycles. The molecule has 0 radical (unpaired) electrons. The summed E-state index contributed by atoms with van der Waals surface area (Å²) < 4.78 is 0. The van der Waals surface area contributed by atoms with E-state index in [1.165, 1.54) is 11.3 Å². The molecule has 6 heterocycles. The van der Waals surface area contributed by atoms with Crippen LogP contribution in [0.15, 0.2) is 67.3 Å². The fourth-order valence-electron chi connectivity index (χ4n) is 3.83. The van der Waals surface area contributed by atoms with E-state index in [1.54, 1.807) is 31.7 Å². The highest BCUT2D eigenvalue weighted by Gasteiger charge is 2.16. The molecule has 0 fully saturated rings. The van der Waals surface area contributed by atoms with Gasteiger partial charge in [-0.1, -0.05) is 0 Å². The van der Waals surface area contributed by atoms with Gasteiger partial charge in [0.2, 0.25) is 0 Å². The average molecular weight is 437 g/mol. The molecule has 0 aliphatic rings. The van der Waals surface area contributed by atoms with Gasteiger partial charge in [-0.3, -0.25) is 24.8 Å². The normalized spacial score (nSPS) is 11.4. The van der Waals surface area contributed by atoms with E-state index in [1.807, 2.05) is 36.4 Å². The number of hydrogen-bond donors (Lipinski definition) is 2. The van der Waals surface area contributed by atoms with E-state index >= 15 is 0 Å². The molecule has 0 saturated heterocycles. The van der Waals surface area contributed by atoms with Gasteiger partial charge < -0.3 is 4.98 Å². The third-order valence-electron chi connectivity index (χ3n) is 5.39. The van der Waals surface area contributed by atoms with Crippen molar-refractivity contribution in [3.8, 4) is 33.2 Å². The van der Waals surface area contributed by atoms with Crippen LogP contribution in [-0.2, 0) is 0 Å². The molecule has 0 atom stereocenters. The molecule has 0 unspecified atom stereocenters. The van der Waals surface area contributed by atoms with Crippen LogP contribution in [0.5, 0.6) is 0 Å². The Morgan fingerprint density at radius 2 is 1.84 bits per heavy atom. The van der Waals surface area contributed by atoms with Gasteiger partial charge in [-0.2, -0.15) is 5.10 Å². The number of nitrogens with zero attached hydrogens (tertiary/aromatic N) is 4. The number of thiophene rings is 1. The van der Waals surface area contributed by atoms with Crippen LogP contribution in [0.2, 0.25) is 0 Å². The molecule has 0 bridgehead atoms. The van der Waals surface area contributed by atoms with Gasteiger partial charge in [-0.05, 0) is 49.4 Å². The summed E-state index contributed by atoms with van der Waals surface area (Å²) >= 11 is 1.46. The number of Topliss-reactive ketones (excluding diaryl/α,β-unsaturated/α-hetero) is 1. The summed E-state index contributed by atoms with van der Waals surface area (Å²) in [4.78, 5) is 30.2.